The number of nitrogens with one attached hydrogen (secondary N) is 2. The second-order valence-electron chi connectivity index (χ2n) is 7.37. The van der Waals surface area contributed by atoms with Gasteiger partial charge in [0.1, 0.15) is 23.4 Å². The van der Waals surface area contributed by atoms with E-state index in [0.717, 1.165) is 5.76 Å². The maximum atomic E-state index is 13.3. The number of furan rings is 1. The SMILES string of the molecule is CC1=C(C(=O)Nc2ccccn2)C(c2ccc(C)o2)n2nc(-c3ccccc3Cl)nc2N1. The van der Waals surface area contributed by atoms with E-state index in [0.29, 0.717) is 45.2 Å². The van der Waals surface area contributed by atoms with Crippen LogP contribution < -0.4 is 10.6 Å². The number of rotatable bonds is 4. The average molecular weight is 447 g/mol. The second-order valence-corrected chi connectivity index (χ2v) is 7.77. The zero-order chi connectivity index (χ0) is 22.2. The zero-order valence-electron chi connectivity index (χ0n) is 17.3. The van der Waals surface area contributed by atoms with Gasteiger partial charge in [-0.15, -0.1) is 5.10 Å². The fourth-order valence-corrected chi connectivity index (χ4v) is 3.91. The standard InChI is InChI=1S/C23H19ClN6O2/c1-13-10-11-17(32-13)20-19(22(31)27-18-9-5-6-12-25-18)14(2)26-23-28-21(29-30(20)23)15-7-3-4-8-16(15)24/h3-12,20H,1-2H3,(H,25,27,31)(H,26,28,29). The number of pyridine rings is 1. The maximum absolute atomic E-state index is 13.3. The molecule has 8 nitrogen and oxygen atoms in total. The number of anilines is 2. The number of carbonyl (C=O) groups excluding carboxylic acids is 1. The van der Waals surface area contributed by atoms with Gasteiger partial charge in [0.05, 0.1) is 10.6 Å². The summed E-state index contributed by atoms with van der Waals surface area (Å²) in [6.07, 6.45) is 1.62. The Hall–Kier alpha value is -3.91. The van der Waals surface area contributed by atoms with Crippen LogP contribution in [0.25, 0.3) is 11.4 Å². The summed E-state index contributed by atoms with van der Waals surface area (Å²) in [6.45, 7) is 3.68. The highest BCUT2D eigenvalue weighted by atomic mass is 35.5. The lowest BCUT2D eigenvalue weighted by Crippen LogP contribution is -2.31. The van der Waals surface area contributed by atoms with Gasteiger partial charge >= 0.3 is 0 Å². The molecule has 32 heavy (non-hydrogen) atoms. The molecule has 4 aromatic rings. The number of aryl methyl sites for hydroxylation is 1. The molecule has 1 aliphatic heterocycles. The molecule has 4 heterocycles. The van der Waals surface area contributed by atoms with Crippen molar-refractivity contribution >= 4 is 29.3 Å². The summed E-state index contributed by atoms with van der Waals surface area (Å²) < 4.78 is 7.58. The number of allylic oxidation sites excluding steroid dienone is 1. The fourth-order valence-electron chi connectivity index (χ4n) is 3.69. The zero-order valence-corrected chi connectivity index (χ0v) is 18.1. The molecular formula is C23H19ClN6O2. The minimum Gasteiger partial charge on any atom is -0.464 e. The van der Waals surface area contributed by atoms with Crippen LogP contribution in [-0.4, -0.2) is 25.7 Å². The van der Waals surface area contributed by atoms with Gasteiger partial charge in [-0.2, -0.15) is 4.98 Å². The normalized spacial score (nSPS) is 15.3. The summed E-state index contributed by atoms with van der Waals surface area (Å²) >= 11 is 6.37. The predicted molar refractivity (Wildman–Crippen MR) is 121 cm³/mol. The first-order valence-corrected chi connectivity index (χ1v) is 10.4. The lowest BCUT2D eigenvalue weighted by atomic mass is 10.00. The van der Waals surface area contributed by atoms with E-state index < -0.39 is 6.04 Å². The Kier molecular flexibility index (Phi) is 4.99. The molecule has 1 unspecified atom stereocenters. The Morgan fingerprint density at radius 1 is 1.12 bits per heavy atom. The Morgan fingerprint density at radius 2 is 1.94 bits per heavy atom. The summed E-state index contributed by atoms with van der Waals surface area (Å²) in [7, 11) is 0. The highest BCUT2D eigenvalue weighted by Gasteiger charge is 2.36. The Labute approximate surface area is 189 Å². The summed E-state index contributed by atoms with van der Waals surface area (Å²) in [5, 5.41) is 11.3. The van der Waals surface area contributed by atoms with Crippen molar-refractivity contribution in [2.75, 3.05) is 10.6 Å². The van der Waals surface area contributed by atoms with E-state index in [2.05, 4.69) is 20.6 Å². The van der Waals surface area contributed by atoms with Gasteiger partial charge in [0.15, 0.2) is 5.82 Å². The molecule has 0 bridgehead atoms. The van der Waals surface area contributed by atoms with Crippen LogP contribution in [0.15, 0.2) is 76.5 Å². The van der Waals surface area contributed by atoms with Crippen molar-refractivity contribution in [1.29, 1.82) is 0 Å². The van der Waals surface area contributed by atoms with E-state index in [9.17, 15) is 4.79 Å². The number of aromatic nitrogens is 4. The minimum absolute atomic E-state index is 0.312. The van der Waals surface area contributed by atoms with Gasteiger partial charge < -0.3 is 15.1 Å². The van der Waals surface area contributed by atoms with Gasteiger partial charge in [0, 0.05) is 17.5 Å². The van der Waals surface area contributed by atoms with Crippen LogP contribution in [0.1, 0.15) is 24.5 Å². The molecule has 2 N–H and O–H groups in total. The molecule has 160 valence electrons. The van der Waals surface area contributed by atoms with Crippen LogP contribution in [0.3, 0.4) is 0 Å². The topological polar surface area (TPSA) is 97.9 Å². The summed E-state index contributed by atoms with van der Waals surface area (Å²) in [4.78, 5) is 22.2. The predicted octanol–water partition coefficient (Wildman–Crippen LogP) is 4.82. The molecule has 0 fully saturated rings. The smallest absolute Gasteiger partial charge is 0.257 e. The molecule has 0 aliphatic carbocycles. The Bertz CT molecular complexity index is 1340. The van der Waals surface area contributed by atoms with Crippen molar-refractivity contribution in [1.82, 2.24) is 19.7 Å². The van der Waals surface area contributed by atoms with Crippen LogP contribution >= 0.6 is 11.6 Å². The fraction of sp³-hybridized carbons (Fsp3) is 0.130. The number of fused-ring (bicyclic) bond motifs is 1. The molecule has 0 spiro atoms. The van der Waals surface area contributed by atoms with Gasteiger partial charge in [-0.25, -0.2) is 9.67 Å². The molecule has 1 atom stereocenters. The lowest BCUT2D eigenvalue weighted by Gasteiger charge is -2.27. The number of carbonyl (C=O) groups is 1. The highest BCUT2D eigenvalue weighted by Crippen LogP contribution is 2.38. The van der Waals surface area contributed by atoms with Crippen LogP contribution in [0.5, 0.6) is 0 Å². The van der Waals surface area contributed by atoms with Gasteiger partial charge in [0.2, 0.25) is 5.95 Å². The van der Waals surface area contributed by atoms with E-state index in [1.54, 1.807) is 29.1 Å². The molecule has 0 radical (unpaired) electrons. The maximum Gasteiger partial charge on any atom is 0.257 e. The number of hydrogen-bond donors (Lipinski definition) is 2. The van der Waals surface area contributed by atoms with Gasteiger partial charge in [-0.05, 0) is 50.2 Å². The van der Waals surface area contributed by atoms with Gasteiger partial charge in [-0.3, -0.25) is 4.79 Å². The third-order valence-corrected chi connectivity index (χ3v) is 5.48. The van der Waals surface area contributed by atoms with Crippen molar-refractivity contribution in [3.8, 4) is 11.4 Å². The number of hydrogen-bond acceptors (Lipinski definition) is 6. The molecule has 0 saturated heterocycles. The molecule has 5 rings (SSSR count). The number of benzene rings is 1. The Morgan fingerprint density at radius 3 is 2.66 bits per heavy atom. The van der Waals surface area contributed by atoms with E-state index in [4.69, 9.17) is 21.1 Å². The minimum atomic E-state index is -0.618. The van der Waals surface area contributed by atoms with E-state index in [-0.39, 0.29) is 5.91 Å². The largest absolute Gasteiger partial charge is 0.464 e. The molecule has 3 aromatic heterocycles. The summed E-state index contributed by atoms with van der Waals surface area (Å²) in [6, 6.07) is 15.8. The average Bonchev–Trinajstić information content (AvgIpc) is 3.39. The Balaban J connectivity index is 1.61. The molecule has 0 saturated carbocycles. The first kappa shape index (κ1) is 20.0. The van der Waals surface area contributed by atoms with E-state index in [1.807, 2.05) is 50.2 Å². The molecule has 1 aromatic carbocycles. The number of nitrogens with zero attached hydrogens (tertiary/aromatic N) is 4. The number of amides is 1. The summed E-state index contributed by atoms with van der Waals surface area (Å²) in [5.74, 6) is 2.39. The molecule has 1 amide bonds. The van der Waals surface area contributed by atoms with Crippen molar-refractivity contribution in [2.45, 2.75) is 19.9 Å². The van der Waals surface area contributed by atoms with Crippen LogP contribution in [0.4, 0.5) is 11.8 Å². The molecule has 1 aliphatic rings. The first-order valence-electron chi connectivity index (χ1n) is 9.99. The van der Waals surface area contributed by atoms with E-state index >= 15 is 0 Å². The number of halogens is 1. The molecule has 9 heteroatoms. The van der Waals surface area contributed by atoms with Crippen molar-refractivity contribution in [2.24, 2.45) is 0 Å². The quantitative estimate of drug-likeness (QED) is 0.466. The third-order valence-electron chi connectivity index (χ3n) is 5.15. The van der Waals surface area contributed by atoms with E-state index in [1.165, 1.54) is 0 Å². The lowest BCUT2D eigenvalue weighted by molar-refractivity contribution is -0.113. The highest BCUT2D eigenvalue weighted by molar-refractivity contribution is 6.33. The van der Waals surface area contributed by atoms with Gasteiger partial charge in [-0.1, -0.05) is 29.8 Å². The first-order chi connectivity index (χ1) is 15.5. The van der Waals surface area contributed by atoms with Crippen LogP contribution in [0, 0.1) is 6.92 Å². The molecular weight excluding hydrogens is 428 g/mol. The second kappa shape index (κ2) is 7.97. The van der Waals surface area contributed by atoms with Gasteiger partial charge in [0.25, 0.3) is 5.91 Å². The van der Waals surface area contributed by atoms with Crippen LogP contribution in [-0.2, 0) is 4.79 Å². The van der Waals surface area contributed by atoms with Crippen molar-refractivity contribution in [3.05, 3.63) is 88.6 Å². The summed E-state index contributed by atoms with van der Waals surface area (Å²) in [5.41, 5.74) is 1.79. The monoisotopic (exact) mass is 446 g/mol. The van der Waals surface area contributed by atoms with Crippen molar-refractivity contribution < 1.29 is 9.21 Å². The van der Waals surface area contributed by atoms with Crippen molar-refractivity contribution in [3.63, 3.8) is 0 Å². The third kappa shape index (κ3) is 3.54. The van der Waals surface area contributed by atoms with Crippen LogP contribution in [0.2, 0.25) is 5.02 Å².